The zero-order valence-corrected chi connectivity index (χ0v) is 11.5. The molecule has 2 aliphatic rings. The van der Waals surface area contributed by atoms with Crippen LogP contribution in [-0.4, -0.2) is 4.98 Å². The average molecular weight is 252 g/mol. The molecule has 2 nitrogen and oxygen atoms in total. The Balaban J connectivity index is 1.91. The minimum Gasteiger partial charge on any atom is -0.398 e. The standard InChI is InChI=1S/C17H20N2/c1-11-3-4-14-12(9-11)16(18)13-10-17(6-2-7-17)8-5-15(13)19-14/h3-4,9H,2,5-8,10H2,1H3,(H2,18,19). The molecule has 1 aromatic carbocycles. The third-order valence-corrected chi connectivity index (χ3v) is 5.23. The van der Waals surface area contributed by atoms with Crippen LogP contribution in [0.3, 0.4) is 0 Å². The van der Waals surface area contributed by atoms with Crippen molar-refractivity contribution in [3.8, 4) is 0 Å². The van der Waals surface area contributed by atoms with Gasteiger partial charge in [-0.2, -0.15) is 0 Å². The summed E-state index contributed by atoms with van der Waals surface area (Å²) in [4.78, 5) is 4.86. The summed E-state index contributed by atoms with van der Waals surface area (Å²) >= 11 is 0. The van der Waals surface area contributed by atoms with E-state index in [-0.39, 0.29) is 0 Å². The Labute approximate surface area is 114 Å². The highest BCUT2D eigenvalue weighted by Crippen LogP contribution is 2.51. The summed E-state index contributed by atoms with van der Waals surface area (Å²) < 4.78 is 0. The second kappa shape index (κ2) is 3.72. The number of rotatable bonds is 0. The van der Waals surface area contributed by atoms with Gasteiger partial charge in [0.1, 0.15) is 0 Å². The number of aryl methyl sites for hydroxylation is 2. The second-order valence-electron chi connectivity index (χ2n) is 6.50. The summed E-state index contributed by atoms with van der Waals surface area (Å²) in [5, 5.41) is 1.15. The molecule has 1 fully saturated rings. The van der Waals surface area contributed by atoms with Crippen LogP contribution in [0.4, 0.5) is 5.69 Å². The van der Waals surface area contributed by atoms with Crippen molar-refractivity contribution in [2.45, 2.75) is 45.4 Å². The van der Waals surface area contributed by atoms with Crippen LogP contribution in [0.5, 0.6) is 0 Å². The zero-order valence-electron chi connectivity index (χ0n) is 11.5. The molecular weight excluding hydrogens is 232 g/mol. The van der Waals surface area contributed by atoms with E-state index >= 15 is 0 Å². The van der Waals surface area contributed by atoms with E-state index in [0.717, 1.165) is 29.4 Å². The molecule has 0 aliphatic heterocycles. The molecule has 0 radical (unpaired) electrons. The number of nitrogens with zero attached hydrogens (tertiary/aromatic N) is 1. The molecule has 1 saturated carbocycles. The third-order valence-electron chi connectivity index (χ3n) is 5.23. The van der Waals surface area contributed by atoms with Crippen molar-refractivity contribution < 1.29 is 0 Å². The van der Waals surface area contributed by atoms with Crippen molar-refractivity contribution in [2.24, 2.45) is 5.41 Å². The van der Waals surface area contributed by atoms with Crippen LogP contribution in [-0.2, 0) is 12.8 Å². The van der Waals surface area contributed by atoms with Crippen molar-refractivity contribution >= 4 is 16.6 Å². The Morgan fingerprint density at radius 2 is 2.05 bits per heavy atom. The summed E-state index contributed by atoms with van der Waals surface area (Å²) in [6.07, 6.45) is 7.75. The van der Waals surface area contributed by atoms with Gasteiger partial charge in [0.15, 0.2) is 0 Å². The monoisotopic (exact) mass is 252 g/mol. The molecule has 2 heteroatoms. The van der Waals surface area contributed by atoms with Gasteiger partial charge in [-0.25, -0.2) is 0 Å². The van der Waals surface area contributed by atoms with E-state index in [1.54, 1.807) is 0 Å². The van der Waals surface area contributed by atoms with Crippen LogP contribution in [0.2, 0.25) is 0 Å². The first kappa shape index (κ1) is 11.3. The Bertz CT molecular complexity index is 669. The van der Waals surface area contributed by atoms with Crippen molar-refractivity contribution in [2.75, 3.05) is 5.73 Å². The minimum atomic E-state index is 0.570. The smallest absolute Gasteiger partial charge is 0.0726 e. The highest BCUT2D eigenvalue weighted by Gasteiger charge is 2.40. The first-order chi connectivity index (χ1) is 9.17. The lowest BCUT2D eigenvalue weighted by molar-refractivity contribution is 0.111. The predicted octanol–water partition coefficient (Wildman–Crippen LogP) is 3.78. The lowest BCUT2D eigenvalue weighted by atomic mass is 9.60. The molecule has 0 amide bonds. The van der Waals surface area contributed by atoms with Gasteiger partial charge in [0.05, 0.1) is 5.52 Å². The summed E-state index contributed by atoms with van der Waals surface area (Å²) in [6.45, 7) is 2.12. The number of hydrogen-bond acceptors (Lipinski definition) is 2. The van der Waals surface area contributed by atoms with E-state index in [4.69, 9.17) is 10.7 Å². The van der Waals surface area contributed by atoms with Gasteiger partial charge in [0, 0.05) is 16.8 Å². The number of benzene rings is 1. The summed E-state index contributed by atoms with van der Waals surface area (Å²) in [5.74, 6) is 0. The molecule has 2 aliphatic carbocycles. The Morgan fingerprint density at radius 3 is 2.79 bits per heavy atom. The first-order valence-electron chi connectivity index (χ1n) is 7.35. The molecule has 1 spiro atoms. The molecular formula is C17H20N2. The first-order valence-corrected chi connectivity index (χ1v) is 7.35. The Kier molecular flexibility index (Phi) is 2.21. The Hall–Kier alpha value is -1.57. The maximum Gasteiger partial charge on any atom is 0.0726 e. The molecule has 98 valence electrons. The number of aromatic nitrogens is 1. The molecule has 1 aromatic heterocycles. The molecule has 0 saturated heterocycles. The second-order valence-corrected chi connectivity index (χ2v) is 6.50. The van der Waals surface area contributed by atoms with Crippen LogP contribution >= 0.6 is 0 Å². The highest BCUT2D eigenvalue weighted by molar-refractivity contribution is 5.92. The number of fused-ring (bicyclic) bond motifs is 2. The van der Waals surface area contributed by atoms with Crippen molar-refractivity contribution in [1.82, 2.24) is 4.98 Å². The molecule has 4 rings (SSSR count). The van der Waals surface area contributed by atoms with Crippen molar-refractivity contribution in [1.29, 1.82) is 0 Å². The number of hydrogen-bond donors (Lipinski definition) is 1. The van der Waals surface area contributed by atoms with Gasteiger partial charge in [0.2, 0.25) is 0 Å². The fourth-order valence-electron chi connectivity index (χ4n) is 3.85. The number of pyridine rings is 1. The Morgan fingerprint density at radius 1 is 1.21 bits per heavy atom. The van der Waals surface area contributed by atoms with Crippen molar-refractivity contribution in [3.63, 3.8) is 0 Å². The number of nitrogens with two attached hydrogens (primary N) is 1. The van der Waals surface area contributed by atoms with Gasteiger partial charge < -0.3 is 5.73 Å². The zero-order chi connectivity index (χ0) is 13.0. The van der Waals surface area contributed by atoms with E-state index in [2.05, 4.69) is 25.1 Å². The van der Waals surface area contributed by atoms with Crippen LogP contribution in [0.15, 0.2) is 18.2 Å². The van der Waals surface area contributed by atoms with Gasteiger partial charge >= 0.3 is 0 Å². The van der Waals surface area contributed by atoms with Crippen LogP contribution in [0.25, 0.3) is 10.9 Å². The number of anilines is 1. The maximum absolute atomic E-state index is 6.47. The molecule has 2 N–H and O–H groups in total. The SMILES string of the molecule is Cc1ccc2nc3c(c(N)c2c1)CC1(CCC1)CC3. The van der Waals surface area contributed by atoms with Crippen LogP contribution in [0, 0.1) is 12.3 Å². The summed E-state index contributed by atoms with van der Waals surface area (Å²) in [7, 11) is 0. The van der Waals surface area contributed by atoms with Gasteiger partial charge in [-0.05, 0) is 62.1 Å². The normalized spacial score (nSPS) is 20.3. The molecule has 0 atom stereocenters. The molecule has 19 heavy (non-hydrogen) atoms. The molecule has 1 heterocycles. The van der Waals surface area contributed by atoms with Crippen molar-refractivity contribution in [3.05, 3.63) is 35.0 Å². The average Bonchev–Trinajstić information content (AvgIpc) is 2.38. The highest BCUT2D eigenvalue weighted by atomic mass is 14.7. The fraction of sp³-hybridized carbons (Fsp3) is 0.471. The molecule has 0 bridgehead atoms. The van der Waals surface area contributed by atoms with Crippen LogP contribution in [0.1, 0.15) is 42.5 Å². The van der Waals surface area contributed by atoms with Gasteiger partial charge in [-0.3, -0.25) is 4.98 Å². The van der Waals surface area contributed by atoms with E-state index < -0.39 is 0 Å². The number of nitrogen functional groups attached to an aromatic ring is 1. The van der Waals surface area contributed by atoms with E-state index in [9.17, 15) is 0 Å². The topological polar surface area (TPSA) is 38.9 Å². The molecule has 0 unspecified atom stereocenters. The van der Waals surface area contributed by atoms with E-state index in [0.29, 0.717) is 5.41 Å². The third kappa shape index (κ3) is 1.59. The van der Waals surface area contributed by atoms with Crippen LogP contribution < -0.4 is 5.73 Å². The van der Waals surface area contributed by atoms with E-state index in [1.807, 2.05) is 0 Å². The fourth-order valence-corrected chi connectivity index (χ4v) is 3.85. The molecule has 2 aromatic rings. The predicted molar refractivity (Wildman–Crippen MR) is 79.2 cm³/mol. The van der Waals surface area contributed by atoms with Gasteiger partial charge in [-0.1, -0.05) is 18.1 Å². The lowest BCUT2D eigenvalue weighted by Crippen LogP contribution is -2.36. The maximum atomic E-state index is 6.47. The van der Waals surface area contributed by atoms with E-state index in [1.165, 1.54) is 42.5 Å². The lowest BCUT2D eigenvalue weighted by Gasteiger charge is -2.45. The minimum absolute atomic E-state index is 0.570. The quantitative estimate of drug-likeness (QED) is 0.775. The largest absolute Gasteiger partial charge is 0.398 e. The van der Waals surface area contributed by atoms with Gasteiger partial charge in [0.25, 0.3) is 0 Å². The summed E-state index contributed by atoms with van der Waals surface area (Å²) in [5.41, 5.74) is 13.0. The summed E-state index contributed by atoms with van der Waals surface area (Å²) in [6, 6.07) is 6.41. The van der Waals surface area contributed by atoms with Gasteiger partial charge in [-0.15, -0.1) is 0 Å².